The van der Waals surface area contributed by atoms with E-state index in [1.54, 1.807) is 13.0 Å². The van der Waals surface area contributed by atoms with Crippen LogP contribution in [-0.2, 0) is 9.59 Å². The van der Waals surface area contributed by atoms with Gasteiger partial charge in [0.05, 0.1) is 17.8 Å². The third-order valence-corrected chi connectivity index (χ3v) is 8.61. The van der Waals surface area contributed by atoms with Crippen molar-refractivity contribution in [1.82, 2.24) is 0 Å². The minimum Gasteiger partial charge on any atom is -0.390 e. The number of hydrogen-bond donors (Lipinski definition) is 3. The monoisotopic (exact) mass is 362 g/mol. The summed E-state index contributed by atoms with van der Waals surface area (Å²) in [5, 5.41) is 32.1. The highest BCUT2D eigenvalue weighted by Crippen LogP contribution is 2.67. The Morgan fingerprint density at radius 3 is 2.46 bits per heavy atom. The Morgan fingerprint density at radius 2 is 1.81 bits per heavy atom. The summed E-state index contributed by atoms with van der Waals surface area (Å²) in [4.78, 5) is 25.1. The second-order valence-corrected chi connectivity index (χ2v) is 9.71. The third kappa shape index (κ3) is 2.08. The van der Waals surface area contributed by atoms with Crippen LogP contribution < -0.4 is 0 Å². The van der Waals surface area contributed by atoms with Crippen LogP contribution in [0.1, 0.15) is 59.3 Å². The van der Waals surface area contributed by atoms with Crippen LogP contribution in [0.3, 0.4) is 0 Å². The summed E-state index contributed by atoms with van der Waals surface area (Å²) in [6, 6.07) is 0. The standard InChI is InChI=1S/C21H30O5/c1-11(22)12-5-7-21(26)14-8-16(23)15-9-17(24)18(25)10-19(15,2)13(14)4-6-20(12,21)3/h8,12-13,15,17-18,24-26H,4-7,9-10H2,1-3H3/t12-,13?,15+,17-,18+,19-,20-,21-/m1/s1. The van der Waals surface area contributed by atoms with E-state index in [0.717, 1.165) is 18.4 Å². The molecule has 0 heterocycles. The fourth-order valence-electron chi connectivity index (χ4n) is 7.02. The molecule has 5 nitrogen and oxygen atoms in total. The fraction of sp³-hybridized carbons (Fsp3) is 0.810. The van der Waals surface area contributed by atoms with Gasteiger partial charge in [0.25, 0.3) is 0 Å². The molecule has 0 aromatic rings. The zero-order valence-electron chi connectivity index (χ0n) is 15.9. The first-order chi connectivity index (χ1) is 12.0. The van der Waals surface area contributed by atoms with Crippen LogP contribution >= 0.6 is 0 Å². The van der Waals surface area contributed by atoms with Crippen molar-refractivity contribution in [3.05, 3.63) is 11.6 Å². The molecule has 4 aliphatic rings. The molecule has 3 saturated carbocycles. The molecule has 0 aliphatic heterocycles. The molecule has 3 N–H and O–H groups in total. The van der Waals surface area contributed by atoms with Gasteiger partial charge in [-0.15, -0.1) is 0 Å². The third-order valence-electron chi connectivity index (χ3n) is 8.61. The minimum atomic E-state index is -1.13. The molecule has 8 atom stereocenters. The van der Waals surface area contributed by atoms with E-state index in [1.165, 1.54) is 0 Å². The van der Waals surface area contributed by atoms with Gasteiger partial charge in [-0.25, -0.2) is 0 Å². The highest BCUT2D eigenvalue weighted by molar-refractivity contribution is 5.95. The van der Waals surface area contributed by atoms with Crippen LogP contribution in [0.4, 0.5) is 0 Å². The smallest absolute Gasteiger partial charge is 0.159 e. The van der Waals surface area contributed by atoms with Gasteiger partial charge in [0, 0.05) is 17.3 Å². The van der Waals surface area contributed by atoms with Crippen LogP contribution in [0.2, 0.25) is 0 Å². The van der Waals surface area contributed by atoms with Crippen LogP contribution in [0, 0.1) is 28.6 Å². The molecule has 0 aromatic carbocycles. The van der Waals surface area contributed by atoms with Crippen LogP contribution in [0.15, 0.2) is 11.6 Å². The van der Waals surface area contributed by atoms with Gasteiger partial charge in [0.2, 0.25) is 0 Å². The van der Waals surface area contributed by atoms with E-state index in [-0.39, 0.29) is 35.7 Å². The first-order valence-electron chi connectivity index (χ1n) is 9.89. The summed E-state index contributed by atoms with van der Waals surface area (Å²) >= 11 is 0. The van der Waals surface area contributed by atoms with E-state index in [9.17, 15) is 24.9 Å². The Bertz CT molecular complexity index is 699. The summed E-state index contributed by atoms with van der Waals surface area (Å²) in [5.74, 6) is -0.406. The number of allylic oxidation sites excluding steroid dienone is 1. The number of hydrogen-bond acceptors (Lipinski definition) is 5. The summed E-state index contributed by atoms with van der Waals surface area (Å²) < 4.78 is 0. The molecular formula is C21H30O5. The van der Waals surface area contributed by atoms with Crippen LogP contribution in [0.5, 0.6) is 0 Å². The lowest BCUT2D eigenvalue weighted by Gasteiger charge is -2.59. The summed E-state index contributed by atoms with van der Waals surface area (Å²) in [7, 11) is 0. The molecule has 144 valence electrons. The molecular weight excluding hydrogens is 332 g/mol. The molecule has 0 radical (unpaired) electrons. The number of rotatable bonds is 1. The van der Waals surface area contributed by atoms with E-state index < -0.39 is 28.6 Å². The van der Waals surface area contributed by atoms with Crippen molar-refractivity contribution in [2.45, 2.75) is 77.1 Å². The lowest BCUT2D eigenvalue weighted by atomic mass is 9.46. The normalized spacial score (nSPS) is 53.4. The molecule has 4 rings (SSSR count). The number of ketones is 2. The Morgan fingerprint density at radius 1 is 1.12 bits per heavy atom. The van der Waals surface area contributed by atoms with Gasteiger partial charge in [-0.05, 0) is 68.4 Å². The Hall–Kier alpha value is -1.04. The molecule has 5 heteroatoms. The van der Waals surface area contributed by atoms with E-state index in [4.69, 9.17) is 0 Å². The molecule has 3 fully saturated rings. The number of Topliss-reactive ketones (excluding diaryl/α,β-unsaturated/α-hetero) is 1. The van der Waals surface area contributed by atoms with E-state index >= 15 is 0 Å². The topological polar surface area (TPSA) is 94.8 Å². The molecule has 26 heavy (non-hydrogen) atoms. The van der Waals surface area contributed by atoms with E-state index in [2.05, 4.69) is 0 Å². The zero-order valence-corrected chi connectivity index (χ0v) is 15.9. The van der Waals surface area contributed by atoms with Crippen LogP contribution in [-0.4, -0.2) is 44.7 Å². The molecule has 0 bridgehead atoms. The molecule has 0 amide bonds. The Labute approximate surface area is 154 Å². The number of carbonyl (C=O) groups excluding carboxylic acids is 2. The Kier molecular flexibility index (Phi) is 3.87. The van der Waals surface area contributed by atoms with Gasteiger partial charge in [0.1, 0.15) is 5.78 Å². The predicted octanol–water partition coefficient (Wildman–Crippen LogP) is 1.78. The number of aliphatic hydroxyl groups is 3. The van der Waals surface area contributed by atoms with Crippen molar-refractivity contribution in [3.63, 3.8) is 0 Å². The van der Waals surface area contributed by atoms with Gasteiger partial charge in [-0.3, -0.25) is 9.59 Å². The average Bonchev–Trinajstić information content (AvgIpc) is 2.83. The first kappa shape index (κ1) is 18.3. The number of carbonyl (C=O) groups is 2. The van der Waals surface area contributed by atoms with E-state index in [0.29, 0.717) is 19.3 Å². The quantitative estimate of drug-likeness (QED) is 0.661. The molecule has 1 unspecified atom stereocenters. The second kappa shape index (κ2) is 5.49. The van der Waals surface area contributed by atoms with Gasteiger partial charge >= 0.3 is 0 Å². The molecule has 0 aromatic heterocycles. The summed E-state index contributed by atoms with van der Waals surface area (Å²) in [6.45, 7) is 5.64. The first-order valence-corrected chi connectivity index (χ1v) is 9.89. The van der Waals surface area contributed by atoms with Crippen LogP contribution in [0.25, 0.3) is 0 Å². The Balaban J connectivity index is 1.80. The maximum atomic E-state index is 12.9. The van der Waals surface area contributed by atoms with Gasteiger partial charge < -0.3 is 15.3 Å². The average molecular weight is 362 g/mol. The number of fused-ring (bicyclic) bond motifs is 5. The molecule has 4 aliphatic carbocycles. The molecule has 0 saturated heterocycles. The van der Waals surface area contributed by atoms with Crippen molar-refractivity contribution < 1.29 is 24.9 Å². The van der Waals surface area contributed by atoms with Gasteiger partial charge in [-0.2, -0.15) is 0 Å². The lowest BCUT2D eigenvalue weighted by Crippen LogP contribution is -2.60. The zero-order chi connectivity index (χ0) is 19.1. The number of aliphatic hydroxyl groups excluding tert-OH is 2. The van der Waals surface area contributed by atoms with E-state index in [1.807, 2.05) is 13.8 Å². The fourth-order valence-corrected chi connectivity index (χ4v) is 7.02. The largest absolute Gasteiger partial charge is 0.390 e. The molecule has 0 spiro atoms. The maximum absolute atomic E-state index is 12.9. The van der Waals surface area contributed by atoms with Crippen molar-refractivity contribution in [2.75, 3.05) is 0 Å². The van der Waals surface area contributed by atoms with Crippen molar-refractivity contribution in [1.29, 1.82) is 0 Å². The van der Waals surface area contributed by atoms with Crippen molar-refractivity contribution in [2.24, 2.45) is 28.6 Å². The highest BCUT2D eigenvalue weighted by Gasteiger charge is 2.67. The van der Waals surface area contributed by atoms with Crippen molar-refractivity contribution in [3.8, 4) is 0 Å². The van der Waals surface area contributed by atoms with Crippen molar-refractivity contribution >= 4 is 11.6 Å². The lowest BCUT2D eigenvalue weighted by molar-refractivity contribution is -0.153. The van der Waals surface area contributed by atoms with Gasteiger partial charge in [0.15, 0.2) is 5.78 Å². The minimum absolute atomic E-state index is 0.0103. The summed E-state index contributed by atoms with van der Waals surface area (Å²) in [5.41, 5.74) is -1.33. The SMILES string of the molecule is CC(=O)[C@H]1CC[C@@]2(O)C3=CC(=O)[C@@H]4C[C@@H](O)[C@@H](O)C[C@]4(C)C3CC[C@]12C. The second-order valence-electron chi connectivity index (χ2n) is 9.71. The predicted molar refractivity (Wildman–Crippen MR) is 95.1 cm³/mol. The highest BCUT2D eigenvalue weighted by atomic mass is 16.3. The van der Waals surface area contributed by atoms with Gasteiger partial charge in [-0.1, -0.05) is 13.8 Å². The maximum Gasteiger partial charge on any atom is 0.159 e. The summed E-state index contributed by atoms with van der Waals surface area (Å²) in [6.07, 6.45) is 3.29.